The Labute approximate surface area is 175 Å². The zero-order chi connectivity index (χ0) is 21.8. The SMILES string of the molecule is CC(C)C(C)n1cc(-c2cc(N3CCC(C)(O)CC3)n(C)n2)c2[nH]nc(N)c2c1=O. The molecule has 0 spiro atoms. The predicted molar refractivity (Wildman–Crippen MR) is 119 cm³/mol. The maximum Gasteiger partial charge on any atom is 0.264 e. The fourth-order valence-electron chi connectivity index (χ4n) is 4.08. The second kappa shape index (κ2) is 7.16. The first-order valence-electron chi connectivity index (χ1n) is 10.5. The van der Waals surface area contributed by atoms with Crippen molar-refractivity contribution in [3.63, 3.8) is 0 Å². The van der Waals surface area contributed by atoms with Crippen LogP contribution >= 0.6 is 0 Å². The van der Waals surface area contributed by atoms with Crippen molar-refractivity contribution in [2.75, 3.05) is 23.7 Å². The van der Waals surface area contributed by atoms with E-state index < -0.39 is 5.60 Å². The molecular formula is C21H31N7O2. The van der Waals surface area contributed by atoms with E-state index in [1.54, 1.807) is 4.57 Å². The van der Waals surface area contributed by atoms with Gasteiger partial charge in [0.05, 0.1) is 16.8 Å². The van der Waals surface area contributed by atoms with Crippen molar-refractivity contribution in [3.8, 4) is 11.3 Å². The highest BCUT2D eigenvalue weighted by molar-refractivity contribution is 5.97. The normalized spacial score (nSPS) is 17.8. The topological polar surface area (TPSA) is 118 Å². The number of hydrogen-bond donors (Lipinski definition) is 3. The van der Waals surface area contributed by atoms with Gasteiger partial charge in [0.2, 0.25) is 0 Å². The summed E-state index contributed by atoms with van der Waals surface area (Å²) < 4.78 is 3.59. The largest absolute Gasteiger partial charge is 0.390 e. The molecule has 0 amide bonds. The lowest BCUT2D eigenvalue weighted by molar-refractivity contribution is 0.0349. The highest BCUT2D eigenvalue weighted by atomic mass is 16.3. The van der Waals surface area contributed by atoms with Crippen LogP contribution in [0.3, 0.4) is 0 Å². The molecule has 1 aliphatic heterocycles. The number of aromatic nitrogens is 5. The zero-order valence-electron chi connectivity index (χ0n) is 18.3. The molecule has 1 fully saturated rings. The lowest BCUT2D eigenvalue weighted by Crippen LogP contribution is -2.43. The minimum absolute atomic E-state index is 0.00228. The number of anilines is 2. The Morgan fingerprint density at radius 2 is 1.93 bits per heavy atom. The van der Waals surface area contributed by atoms with Crippen molar-refractivity contribution >= 4 is 22.5 Å². The Morgan fingerprint density at radius 1 is 1.27 bits per heavy atom. The minimum Gasteiger partial charge on any atom is -0.390 e. The summed E-state index contributed by atoms with van der Waals surface area (Å²) >= 11 is 0. The molecule has 1 unspecified atom stereocenters. The van der Waals surface area contributed by atoms with Crippen molar-refractivity contribution in [2.24, 2.45) is 13.0 Å². The van der Waals surface area contributed by atoms with E-state index in [2.05, 4.69) is 28.9 Å². The van der Waals surface area contributed by atoms with Gasteiger partial charge in [-0.05, 0) is 32.6 Å². The molecule has 1 saturated heterocycles. The number of fused-ring (bicyclic) bond motifs is 1. The second-order valence-corrected chi connectivity index (χ2v) is 9.09. The monoisotopic (exact) mass is 413 g/mol. The molecule has 9 heteroatoms. The third-order valence-electron chi connectivity index (χ3n) is 6.48. The molecule has 4 N–H and O–H groups in total. The Balaban J connectivity index is 1.82. The lowest BCUT2D eigenvalue weighted by Gasteiger charge is -2.36. The molecule has 0 bridgehead atoms. The summed E-state index contributed by atoms with van der Waals surface area (Å²) in [6.45, 7) is 9.62. The molecule has 4 rings (SSSR count). The number of aliphatic hydroxyl groups is 1. The third kappa shape index (κ3) is 3.36. The van der Waals surface area contributed by atoms with Crippen LogP contribution in [0.4, 0.5) is 11.6 Å². The smallest absolute Gasteiger partial charge is 0.264 e. The fourth-order valence-corrected chi connectivity index (χ4v) is 4.08. The van der Waals surface area contributed by atoms with Gasteiger partial charge in [0.1, 0.15) is 11.2 Å². The van der Waals surface area contributed by atoms with E-state index in [1.165, 1.54) is 0 Å². The van der Waals surface area contributed by atoms with E-state index in [0.717, 1.165) is 30.2 Å². The Kier molecular flexibility index (Phi) is 4.88. The molecule has 0 radical (unpaired) electrons. The van der Waals surface area contributed by atoms with E-state index in [4.69, 9.17) is 10.8 Å². The molecule has 1 atom stereocenters. The van der Waals surface area contributed by atoms with Crippen LogP contribution in [-0.2, 0) is 7.05 Å². The van der Waals surface area contributed by atoms with Gasteiger partial charge in [-0.2, -0.15) is 10.2 Å². The Morgan fingerprint density at radius 3 is 2.57 bits per heavy atom. The standard InChI is InChI=1S/C21H31N7O2/c1-12(2)13(3)28-11-14(18-17(20(28)29)19(22)24-23-18)15-10-16(26(5)25-15)27-8-6-21(4,30)7-9-27/h10-13,30H,6-9H2,1-5H3,(H3,22,23,24). The Hall–Kier alpha value is -2.81. The summed E-state index contributed by atoms with van der Waals surface area (Å²) in [6, 6.07) is 2.03. The number of hydrogen-bond acceptors (Lipinski definition) is 6. The average Bonchev–Trinajstić information content (AvgIpc) is 3.25. The number of rotatable bonds is 4. The first-order chi connectivity index (χ1) is 14.1. The summed E-state index contributed by atoms with van der Waals surface area (Å²) in [4.78, 5) is 15.3. The van der Waals surface area contributed by atoms with Gasteiger partial charge in [0.15, 0.2) is 5.82 Å². The molecule has 9 nitrogen and oxygen atoms in total. The van der Waals surface area contributed by atoms with Crippen molar-refractivity contribution in [2.45, 2.75) is 52.2 Å². The van der Waals surface area contributed by atoms with E-state index in [-0.39, 0.29) is 23.3 Å². The third-order valence-corrected chi connectivity index (χ3v) is 6.48. The van der Waals surface area contributed by atoms with Crippen LogP contribution in [0.15, 0.2) is 17.1 Å². The van der Waals surface area contributed by atoms with Gasteiger partial charge in [-0.15, -0.1) is 0 Å². The molecule has 162 valence electrons. The van der Waals surface area contributed by atoms with E-state index in [1.807, 2.05) is 37.8 Å². The van der Waals surface area contributed by atoms with Gasteiger partial charge < -0.3 is 20.3 Å². The number of nitrogen functional groups attached to an aromatic ring is 1. The van der Waals surface area contributed by atoms with Gasteiger partial charge in [-0.1, -0.05) is 13.8 Å². The van der Waals surface area contributed by atoms with Gasteiger partial charge in [0.25, 0.3) is 5.56 Å². The lowest BCUT2D eigenvalue weighted by atomic mass is 9.94. The first-order valence-corrected chi connectivity index (χ1v) is 10.5. The zero-order valence-corrected chi connectivity index (χ0v) is 18.3. The summed E-state index contributed by atoms with van der Waals surface area (Å²) in [7, 11) is 1.91. The maximum absolute atomic E-state index is 13.1. The van der Waals surface area contributed by atoms with Crippen LogP contribution < -0.4 is 16.2 Å². The quantitative estimate of drug-likeness (QED) is 0.604. The number of pyridine rings is 1. The van der Waals surface area contributed by atoms with Gasteiger partial charge in [-0.3, -0.25) is 14.6 Å². The van der Waals surface area contributed by atoms with Crippen molar-refractivity contribution < 1.29 is 5.11 Å². The molecule has 30 heavy (non-hydrogen) atoms. The van der Waals surface area contributed by atoms with Crippen LogP contribution in [0.5, 0.6) is 0 Å². The molecular weight excluding hydrogens is 382 g/mol. The number of nitrogens with zero attached hydrogens (tertiary/aromatic N) is 5. The van der Waals surface area contributed by atoms with Crippen molar-refractivity contribution in [1.29, 1.82) is 0 Å². The summed E-state index contributed by atoms with van der Waals surface area (Å²) in [5, 5.41) is 22.4. The van der Waals surface area contributed by atoms with Gasteiger partial charge >= 0.3 is 0 Å². The first kappa shape index (κ1) is 20.5. The molecule has 0 saturated carbocycles. The summed E-state index contributed by atoms with van der Waals surface area (Å²) in [6.07, 6.45) is 3.29. The molecule has 3 aromatic rings. The van der Waals surface area contributed by atoms with Crippen molar-refractivity contribution in [1.82, 2.24) is 24.5 Å². The maximum atomic E-state index is 13.1. The van der Waals surface area contributed by atoms with E-state index in [9.17, 15) is 9.90 Å². The number of aryl methyl sites for hydroxylation is 1. The van der Waals surface area contributed by atoms with Crippen LogP contribution in [0.25, 0.3) is 22.2 Å². The number of H-pyrrole nitrogens is 1. The minimum atomic E-state index is -0.611. The van der Waals surface area contributed by atoms with E-state index in [0.29, 0.717) is 23.7 Å². The predicted octanol–water partition coefficient (Wildman–Crippen LogP) is 2.28. The number of piperidine rings is 1. The number of nitrogens with one attached hydrogen (secondary N) is 1. The fraction of sp³-hybridized carbons (Fsp3) is 0.571. The van der Waals surface area contributed by atoms with Gasteiger partial charge in [0, 0.05) is 44.0 Å². The molecule has 3 aromatic heterocycles. The van der Waals surface area contributed by atoms with E-state index >= 15 is 0 Å². The highest BCUT2D eigenvalue weighted by Crippen LogP contribution is 2.32. The van der Waals surface area contributed by atoms with Crippen molar-refractivity contribution in [3.05, 3.63) is 22.6 Å². The highest BCUT2D eigenvalue weighted by Gasteiger charge is 2.29. The van der Waals surface area contributed by atoms with Crippen LogP contribution in [0.2, 0.25) is 0 Å². The molecule has 0 aliphatic carbocycles. The summed E-state index contributed by atoms with van der Waals surface area (Å²) in [5.74, 6) is 1.47. The average molecular weight is 414 g/mol. The Bertz CT molecular complexity index is 1130. The molecule has 0 aromatic carbocycles. The second-order valence-electron chi connectivity index (χ2n) is 9.09. The van der Waals surface area contributed by atoms with Crippen LogP contribution in [-0.4, -0.2) is 48.3 Å². The molecule has 4 heterocycles. The van der Waals surface area contributed by atoms with Crippen LogP contribution in [0, 0.1) is 5.92 Å². The van der Waals surface area contributed by atoms with Crippen LogP contribution in [0.1, 0.15) is 46.6 Å². The summed E-state index contributed by atoms with van der Waals surface area (Å²) in [5.41, 5.74) is 7.44. The molecule has 1 aliphatic rings. The number of aromatic amines is 1. The number of nitrogens with two attached hydrogens (primary N) is 1. The van der Waals surface area contributed by atoms with Gasteiger partial charge in [-0.25, -0.2) is 0 Å².